The monoisotopic (exact) mass is 563 g/mol. The molecule has 27 heavy (non-hydrogen) atoms. The van der Waals surface area contributed by atoms with Crippen LogP contribution >= 0.6 is 51.2 Å². The summed E-state index contributed by atoms with van der Waals surface area (Å²) in [5.41, 5.74) is 2.77. The fourth-order valence-corrected chi connectivity index (χ4v) is 4.47. The lowest BCUT2D eigenvalue weighted by Crippen LogP contribution is -2.47. The molecule has 4 nitrogen and oxygen atoms in total. The fourth-order valence-electron chi connectivity index (χ4n) is 3.36. The van der Waals surface area contributed by atoms with Crippen molar-refractivity contribution in [3.63, 3.8) is 0 Å². The number of hydrogen-bond donors (Lipinski definition) is 2. The van der Waals surface area contributed by atoms with E-state index in [2.05, 4.69) is 74.2 Å². The Bertz CT molecular complexity index is 742. The molecule has 7 heteroatoms. The fraction of sp³-hybridized carbons (Fsp3) is 0.450. The van der Waals surface area contributed by atoms with E-state index in [0.29, 0.717) is 0 Å². The molecular formula is C20H27BrIN3OS. The van der Waals surface area contributed by atoms with Crippen LogP contribution < -0.4 is 10.6 Å². The zero-order valence-electron chi connectivity index (χ0n) is 15.8. The van der Waals surface area contributed by atoms with Gasteiger partial charge >= 0.3 is 0 Å². The molecule has 1 fully saturated rings. The van der Waals surface area contributed by atoms with E-state index in [1.165, 1.54) is 16.0 Å². The van der Waals surface area contributed by atoms with E-state index in [0.717, 1.165) is 49.6 Å². The maximum atomic E-state index is 5.63. The van der Waals surface area contributed by atoms with E-state index >= 15 is 0 Å². The molecule has 0 aliphatic carbocycles. The van der Waals surface area contributed by atoms with E-state index in [1.54, 1.807) is 11.3 Å². The standard InChI is InChI=1S/C20H26BrN3OS.HI/c1-15-7-12-26-18(15)13-23-19(22-2)24-14-20(8-10-25-11-9-20)16-3-5-17(21)6-4-16;/h3-7,12H,8-11,13-14H2,1-2H3,(H2,22,23,24);1H. The van der Waals surface area contributed by atoms with E-state index in [1.807, 2.05) is 7.05 Å². The molecule has 0 unspecified atom stereocenters. The van der Waals surface area contributed by atoms with Crippen LogP contribution in [0.15, 0.2) is 45.2 Å². The molecule has 1 aliphatic rings. The van der Waals surface area contributed by atoms with Crippen molar-refractivity contribution in [2.45, 2.75) is 31.7 Å². The Balaban J connectivity index is 0.00000261. The molecule has 148 valence electrons. The molecule has 0 atom stereocenters. The first kappa shape index (κ1) is 22.6. The molecule has 2 heterocycles. The molecule has 3 rings (SSSR count). The summed E-state index contributed by atoms with van der Waals surface area (Å²) in [4.78, 5) is 5.75. The van der Waals surface area contributed by atoms with Gasteiger partial charge < -0.3 is 15.4 Å². The molecule has 2 N–H and O–H groups in total. The van der Waals surface area contributed by atoms with Crippen molar-refractivity contribution in [3.05, 3.63) is 56.2 Å². The Morgan fingerprint density at radius 2 is 1.89 bits per heavy atom. The highest BCUT2D eigenvalue weighted by molar-refractivity contribution is 14.0. The lowest BCUT2D eigenvalue weighted by Gasteiger charge is -2.38. The number of aryl methyl sites for hydroxylation is 1. The van der Waals surface area contributed by atoms with Gasteiger partial charge in [0.2, 0.25) is 0 Å². The zero-order chi connectivity index (χ0) is 18.4. The third-order valence-electron chi connectivity index (χ3n) is 5.11. The predicted molar refractivity (Wildman–Crippen MR) is 129 cm³/mol. The van der Waals surface area contributed by atoms with Gasteiger partial charge in [-0.05, 0) is 54.5 Å². The number of thiophene rings is 1. The summed E-state index contributed by atoms with van der Waals surface area (Å²) in [6, 6.07) is 10.9. The summed E-state index contributed by atoms with van der Waals surface area (Å²) in [5.74, 6) is 0.848. The minimum atomic E-state index is 0. The Morgan fingerprint density at radius 3 is 2.48 bits per heavy atom. The highest BCUT2D eigenvalue weighted by Crippen LogP contribution is 2.34. The van der Waals surface area contributed by atoms with Crippen LogP contribution in [0.4, 0.5) is 0 Å². The molecule has 0 radical (unpaired) electrons. The zero-order valence-corrected chi connectivity index (χ0v) is 20.5. The molecule has 2 aromatic rings. The molecule has 0 amide bonds. The summed E-state index contributed by atoms with van der Waals surface area (Å²) >= 11 is 5.32. The van der Waals surface area contributed by atoms with Crippen LogP contribution in [-0.4, -0.2) is 32.8 Å². The number of rotatable bonds is 5. The maximum Gasteiger partial charge on any atom is 0.191 e. The highest BCUT2D eigenvalue weighted by Gasteiger charge is 2.34. The second-order valence-electron chi connectivity index (χ2n) is 6.71. The van der Waals surface area contributed by atoms with Gasteiger partial charge in [-0.25, -0.2) is 0 Å². The number of guanidine groups is 1. The van der Waals surface area contributed by atoms with Gasteiger partial charge in [0.25, 0.3) is 0 Å². The van der Waals surface area contributed by atoms with Gasteiger partial charge in [0, 0.05) is 41.6 Å². The normalized spacial score (nSPS) is 16.5. The van der Waals surface area contributed by atoms with Gasteiger partial charge in [0.15, 0.2) is 5.96 Å². The van der Waals surface area contributed by atoms with E-state index < -0.39 is 0 Å². The number of ether oxygens (including phenoxy) is 1. The van der Waals surface area contributed by atoms with Crippen LogP contribution in [0, 0.1) is 6.92 Å². The van der Waals surface area contributed by atoms with Crippen LogP contribution in [0.25, 0.3) is 0 Å². The second-order valence-corrected chi connectivity index (χ2v) is 8.62. The summed E-state index contributed by atoms with van der Waals surface area (Å²) < 4.78 is 6.74. The summed E-state index contributed by atoms with van der Waals surface area (Å²) in [5, 5.41) is 9.12. The summed E-state index contributed by atoms with van der Waals surface area (Å²) in [7, 11) is 1.83. The minimum Gasteiger partial charge on any atom is -0.381 e. The first-order valence-electron chi connectivity index (χ1n) is 8.94. The number of aliphatic imine (C=N–C) groups is 1. The summed E-state index contributed by atoms with van der Waals surface area (Å²) in [6.45, 7) is 5.41. The van der Waals surface area contributed by atoms with Gasteiger partial charge in [0.1, 0.15) is 0 Å². The van der Waals surface area contributed by atoms with Crippen molar-refractivity contribution in [1.82, 2.24) is 10.6 Å². The number of benzene rings is 1. The van der Waals surface area contributed by atoms with Crippen molar-refractivity contribution < 1.29 is 4.74 Å². The maximum absolute atomic E-state index is 5.63. The van der Waals surface area contributed by atoms with Crippen LogP contribution in [0.3, 0.4) is 0 Å². The molecule has 0 saturated carbocycles. The summed E-state index contributed by atoms with van der Waals surface area (Å²) in [6.07, 6.45) is 2.03. The first-order valence-corrected chi connectivity index (χ1v) is 10.6. The Labute approximate surface area is 191 Å². The van der Waals surface area contributed by atoms with Gasteiger partial charge in [-0.1, -0.05) is 28.1 Å². The van der Waals surface area contributed by atoms with Gasteiger partial charge in [0.05, 0.1) is 6.54 Å². The van der Waals surface area contributed by atoms with Crippen molar-refractivity contribution in [2.24, 2.45) is 4.99 Å². The SMILES string of the molecule is CN=C(NCc1sccc1C)NCC1(c2ccc(Br)cc2)CCOCC1.I. The van der Waals surface area contributed by atoms with Gasteiger partial charge in [-0.15, -0.1) is 35.3 Å². The number of halogens is 2. The molecule has 1 aromatic heterocycles. The first-order chi connectivity index (χ1) is 12.6. The van der Waals surface area contributed by atoms with E-state index in [-0.39, 0.29) is 29.4 Å². The third kappa shape index (κ3) is 5.92. The lowest BCUT2D eigenvalue weighted by molar-refractivity contribution is 0.0514. The molecular weight excluding hydrogens is 537 g/mol. The third-order valence-corrected chi connectivity index (χ3v) is 6.66. The quantitative estimate of drug-likeness (QED) is 0.310. The smallest absolute Gasteiger partial charge is 0.191 e. The number of nitrogens with one attached hydrogen (secondary N) is 2. The van der Waals surface area contributed by atoms with Crippen molar-refractivity contribution in [2.75, 3.05) is 26.8 Å². The van der Waals surface area contributed by atoms with Crippen molar-refractivity contribution in [3.8, 4) is 0 Å². The topological polar surface area (TPSA) is 45.7 Å². The average Bonchev–Trinajstić information content (AvgIpc) is 3.08. The van der Waals surface area contributed by atoms with Crippen molar-refractivity contribution in [1.29, 1.82) is 0 Å². The average molecular weight is 564 g/mol. The van der Waals surface area contributed by atoms with Crippen LogP contribution in [-0.2, 0) is 16.7 Å². The lowest BCUT2D eigenvalue weighted by atomic mass is 9.74. The molecule has 1 aromatic carbocycles. The van der Waals surface area contributed by atoms with E-state index in [9.17, 15) is 0 Å². The highest BCUT2D eigenvalue weighted by atomic mass is 127. The van der Waals surface area contributed by atoms with Gasteiger partial charge in [-0.3, -0.25) is 4.99 Å². The number of nitrogens with zero attached hydrogens (tertiary/aromatic N) is 1. The predicted octanol–water partition coefficient (Wildman–Crippen LogP) is 4.85. The molecule has 0 bridgehead atoms. The van der Waals surface area contributed by atoms with Crippen molar-refractivity contribution >= 4 is 57.2 Å². The minimum absolute atomic E-state index is 0. The van der Waals surface area contributed by atoms with Gasteiger partial charge in [-0.2, -0.15) is 0 Å². The Kier molecular flexibility index (Phi) is 9.04. The van der Waals surface area contributed by atoms with Crippen LogP contribution in [0.2, 0.25) is 0 Å². The largest absolute Gasteiger partial charge is 0.381 e. The Hall–Kier alpha value is -0.640. The molecule has 1 saturated heterocycles. The van der Waals surface area contributed by atoms with Crippen LogP contribution in [0.1, 0.15) is 28.8 Å². The number of hydrogen-bond acceptors (Lipinski definition) is 3. The van der Waals surface area contributed by atoms with E-state index in [4.69, 9.17) is 4.74 Å². The molecule has 0 spiro atoms. The molecule has 1 aliphatic heterocycles. The Morgan fingerprint density at radius 1 is 1.19 bits per heavy atom. The second kappa shape index (κ2) is 10.8. The van der Waals surface area contributed by atoms with Crippen LogP contribution in [0.5, 0.6) is 0 Å².